The lowest BCUT2D eigenvalue weighted by Gasteiger charge is -2.34. The fourth-order valence-corrected chi connectivity index (χ4v) is 2.78. The van der Waals surface area contributed by atoms with Crippen molar-refractivity contribution in [3.05, 3.63) is 23.5 Å². The van der Waals surface area contributed by atoms with Gasteiger partial charge in [-0.25, -0.2) is 0 Å². The normalized spacial score (nSPS) is 28.7. The molecule has 1 atom stereocenters. The highest BCUT2D eigenvalue weighted by Crippen LogP contribution is 2.37. The Kier molecular flexibility index (Phi) is 4.57. The largest absolute Gasteiger partial charge is 0.494 e. The molecule has 0 amide bonds. The number of ether oxygens (including phenoxy) is 3. The van der Waals surface area contributed by atoms with Crippen molar-refractivity contribution in [1.29, 1.82) is 0 Å². The molecule has 1 aliphatic carbocycles. The highest BCUT2D eigenvalue weighted by Gasteiger charge is 2.37. The molecule has 2 rings (SSSR count). The Morgan fingerprint density at radius 3 is 2.45 bits per heavy atom. The van der Waals surface area contributed by atoms with Gasteiger partial charge in [-0.15, -0.1) is 0 Å². The van der Waals surface area contributed by atoms with Gasteiger partial charge in [0.2, 0.25) is 0 Å². The van der Waals surface area contributed by atoms with Crippen molar-refractivity contribution < 1.29 is 14.2 Å². The predicted octanol–water partition coefficient (Wildman–Crippen LogP) is 2.71. The molecule has 0 aromatic heterocycles. The molecule has 4 heteroatoms. The van der Waals surface area contributed by atoms with E-state index in [1.807, 2.05) is 13.8 Å². The molecule has 1 aliphatic heterocycles. The Morgan fingerprint density at radius 2 is 1.90 bits per heavy atom. The first-order valence-electron chi connectivity index (χ1n) is 7.42. The molecule has 1 unspecified atom stereocenters. The van der Waals surface area contributed by atoms with E-state index in [1.54, 1.807) is 0 Å². The molecule has 1 saturated heterocycles. The second-order valence-corrected chi connectivity index (χ2v) is 6.02. The molecule has 114 valence electrons. The Hall–Kier alpha value is -0.840. The molecule has 20 heavy (non-hydrogen) atoms. The van der Waals surface area contributed by atoms with E-state index in [2.05, 4.69) is 38.1 Å². The van der Waals surface area contributed by atoms with Crippen LogP contribution in [0.2, 0.25) is 0 Å². The van der Waals surface area contributed by atoms with Crippen LogP contribution in [0.3, 0.4) is 0 Å². The van der Waals surface area contributed by atoms with E-state index in [0.717, 1.165) is 18.6 Å². The molecule has 0 spiro atoms. The van der Waals surface area contributed by atoms with Gasteiger partial charge < -0.3 is 14.2 Å². The highest BCUT2D eigenvalue weighted by atomic mass is 16.7. The minimum atomic E-state index is -0.428. The van der Waals surface area contributed by atoms with E-state index in [4.69, 9.17) is 14.2 Å². The number of nitrogens with zero attached hydrogens (tertiary/aromatic N) is 1. The average molecular weight is 281 g/mol. The Labute approximate surface area is 122 Å². The van der Waals surface area contributed by atoms with E-state index in [0.29, 0.717) is 19.8 Å². The third-order valence-corrected chi connectivity index (χ3v) is 4.38. The summed E-state index contributed by atoms with van der Waals surface area (Å²) in [5.74, 6) is 0.541. The van der Waals surface area contributed by atoms with Crippen LogP contribution >= 0.6 is 0 Å². The van der Waals surface area contributed by atoms with Gasteiger partial charge in [0.25, 0.3) is 0 Å². The maximum atomic E-state index is 5.69. The third kappa shape index (κ3) is 3.08. The first-order valence-corrected chi connectivity index (χ1v) is 7.42. The van der Waals surface area contributed by atoms with Gasteiger partial charge in [-0.1, -0.05) is 0 Å². The van der Waals surface area contributed by atoms with Crippen molar-refractivity contribution in [3.63, 3.8) is 0 Å². The van der Waals surface area contributed by atoms with Gasteiger partial charge in [-0.05, 0) is 59.0 Å². The first kappa shape index (κ1) is 15.5. The molecular weight excluding hydrogens is 254 g/mol. The molecule has 0 aromatic carbocycles. The van der Waals surface area contributed by atoms with Crippen molar-refractivity contribution in [1.82, 2.24) is 4.90 Å². The van der Waals surface area contributed by atoms with Crippen molar-refractivity contribution in [2.75, 3.05) is 33.9 Å². The maximum absolute atomic E-state index is 5.69. The van der Waals surface area contributed by atoms with Gasteiger partial charge in [-0.3, -0.25) is 4.90 Å². The highest BCUT2D eigenvalue weighted by molar-refractivity contribution is 5.41. The van der Waals surface area contributed by atoms with Crippen molar-refractivity contribution in [2.45, 2.75) is 44.9 Å². The lowest BCUT2D eigenvalue weighted by molar-refractivity contribution is -0.146. The third-order valence-electron chi connectivity index (χ3n) is 4.38. The van der Waals surface area contributed by atoms with Crippen LogP contribution in [0.4, 0.5) is 0 Å². The molecule has 0 saturated carbocycles. The molecule has 2 aliphatic rings. The minimum Gasteiger partial charge on any atom is -0.494 e. The van der Waals surface area contributed by atoms with Gasteiger partial charge >= 0.3 is 0 Å². The standard InChI is InChI=1S/C16H27NO3/c1-6-18-14-11-13(15(2,12-14)17(4)5)7-8-16(3)19-9-10-20-16/h11-12H,6-10H2,1-5H3. The van der Waals surface area contributed by atoms with Crippen molar-refractivity contribution >= 4 is 0 Å². The van der Waals surface area contributed by atoms with Crippen LogP contribution in [0.1, 0.15) is 33.6 Å². The summed E-state index contributed by atoms with van der Waals surface area (Å²) in [7, 11) is 4.20. The quantitative estimate of drug-likeness (QED) is 0.749. The van der Waals surface area contributed by atoms with E-state index < -0.39 is 5.79 Å². The molecular formula is C16H27NO3. The smallest absolute Gasteiger partial charge is 0.166 e. The lowest BCUT2D eigenvalue weighted by atomic mass is 9.89. The summed E-state index contributed by atoms with van der Waals surface area (Å²) in [4.78, 5) is 2.23. The number of hydrogen-bond acceptors (Lipinski definition) is 4. The van der Waals surface area contributed by atoms with Gasteiger partial charge in [0.05, 0.1) is 25.4 Å². The summed E-state index contributed by atoms with van der Waals surface area (Å²) in [5.41, 5.74) is 1.27. The summed E-state index contributed by atoms with van der Waals surface area (Å²) in [6.45, 7) is 8.36. The van der Waals surface area contributed by atoms with Crippen LogP contribution < -0.4 is 0 Å². The second-order valence-electron chi connectivity index (χ2n) is 6.02. The molecule has 0 bridgehead atoms. The fraction of sp³-hybridized carbons (Fsp3) is 0.750. The van der Waals surface area contributed by atoms with Crippen LogP contribution in [0.15, 0.2) is 23.5 Å². The molecule has 0 aromatic rings. The van der Waals surface area contributed by atoms with Crippen LogP contribution in [0.5, 0.6) is 0 Å². The van der Waals surface area contributed by atoms with E-state index in [1.165, 1.54) is 5.57 Å². The van der Waals surface area contributed by atoms with Crippen molar-refractivity contribution in [3.8, 4) is 0 Å². The van der Waals surface area contributed by atoms with Crippen LogP contribution in [-0.2, 0) is 14.2 Å². The minimum absolute atomic E-state index is 0.0839. The van der Waals surface area contributed by atoms with Crippen LogP contribution in [-0.4, -0.2) is 50.1 Å². The zero-order valence-electron chi connectivity index (χ0n) is 13.4. The molecule has 1 heterocycles. The molecule has 0 N–H and O–H groups in total. The number of allylic oxidation sites excluding steroid dienone is 1. The maximum Gasteiger partial charge on any atom is 0.166 e. The zero-order chi connectivity index (χ0) is 14.8. The van der Waals surface area contributed by atoms with Gasteiger partial charge in [0, 0.05) is 6.42 Å². The number of hydrogen-bond donors (Lipinski definition) is 0. The summed E-state index contributed by atoms with van der Waals surface area (Å²) in [5, 5.41) is 0. The topological polar surface area (TPSA) is 30.9 Å². The van der Waals surface area contributed by atoms with Gasteiger partial charge in [0.15, 0.2) is 5.79 Å². The first-order chi connectivity index (χ1) is 9.39. The fourth-order valence-electron chi connectivity index (χ4n) is 2.78. The van der Waals surface area contributed by atoms with E-state index in [9.17, 15) is 0 Å². The Bertz CT molecular complexity index is 408. The van der Waals surface area contributed by atoms with Crippen LogP contribution in [0.25, 0.3) is 0 Å². The lowest BCUT2D eigenvalue weighted by Crippen LogP contribution is -2.40. The zero-order valence-corrected chi connectivity index (χ0v) is 13.4. The Balaban J connectivity index is 2.06. The summed E-state index contributed by atoms with van der Waals surface area (Å²) in [6.07, 6.45) is 6.18. The number of rotatable bonds is 6. The van der Waals surface area contributed by atoms with Crippen molar-refractivity contribution in [2.24, 2.45) is 0 Å². The van der Waals surface area contributed by atoms with E-state index in [-0.39, 0.29) is 5.54 Å². The van der Waals surface area contributed by atoms with Crippen LogP contribution in [0, 0.1) is 0 Å². The molecule has 4 nitrogen and oxygen atoms in total. The van der Waals surface area contributed by atoms with E-state index >= 15 is 0 Å². The second kappa shape index (κ2) is 5.88. The SMILES string of the molecule is CCOC1=CC(C)(N(C)C)C(CCC2(C)OCCO2)=C1. The summed E-state index contributed by atoms with van der Waals surface area (Å²) < 4.78 is 17.1. The summed E-state index contributed by atoms with van der Waals surface area (Å²) in [6, 6.07) is 0. The Morgan fingerprint density at radius 1 is 1.25 bits per heavy atom. The average Bonchev–Trinajstić information content (AvgIpc) is 2.94. The monoisotopic (exact) mass is 281 g/mol. The summed E-state index contributed by atoms with van der Waals surface area (Å²) >= 11 is 0. The van der Waals surface area contributed by atoms with Gasteiger partial charge in [0.1, 0.15) is 5.76 Å². The van der Waals surface area contributed by atoms with Gasteiger partial charge in [-0.2, -0.15) is 0 Å². The molecule has 1 fully saturated rings. The molecule has 0 radical (unpaired) electrons. The number of likely N-dealkylation sites (N-methyl/N-ethyl adjacent to an activating group) is 1. The predicted molar refractivity (Wildman–Crippen MR) is 79.4 cm³/mol.